The fraction of sp³-hybridized carbons (Fsp3) is 0.500. The van der Waals surface area contributed by atoms with Gasteiger partial charge in [0.25, 0.3) is 5.91 Å². The number of hydrogen-bond acceptors (Lipinski definition) is 3. The SMILES string of the molecule is CN(CC1CCCO1)C(=O)c1ccc(Cl)nc1Cl. The molecular weight excluding hydrogens is 275 g/mol. The molecule has 1 saturated heterocycles. The van der Waals surface area contributed by atoms with Gasteiger partial charge < -0.3 is 9.64 Å². The van der Waals surface area contributed by atoms with Gasteiger partial charge >= 0.3 is 0 Å². The maximum Gasteiger partial charge on any atom is 0.256 e. The zero-order chi connectivity index (χ0) is 13.1. The maximum absolute atomic E-state index is 12.2. The molecule has 0 aliphatic carbocycles. The molecule has 1 unspecified atom stereocenters. The van der Waals surface area contributed by atoms with Crippen molar-refractivity contribution >= 4 is 29.1 Å². The van der Waals surface area contributed by atoms with Gasteiger partial charge in [0.2, 0.25) is 0 Å². The van der Waals surface area contributed by atoms with Gasteiger partial charge in [0, 0.05) is 20.2 Å². The van der Waals surface area contributed by atoms with Crippen LogP contribution in [-0.2, 0) is 4.74 Å². The Bertz CT molecular complexity index is 448. The molecule has 98 valence electrons. The largest absolute Gasteiger partial charge is 0.376 e. The molecule has 18 heavy (non-hydrogen) atoms. The Balaban J connectivity index is 2.05. The van der Waals surface area contributed by atoms with E-state index in [1.807, 2.05) is 0 Å². The number of rotatable bonds is 3. The lowest BCUT2D eigenvalue weighted by Crippen LogP contribution is -2.34. The summed E-state index contributed by atoms with van der Waals surface area (Å²) in [6.45, 7) is 1.34. The summed E-state index contributed by atoms with van der Waals surface area (Å²) in [6.07, 6.45) is 2.16. The summed E-state index contributed by atoms with van der Waals surface area (Å²) in [4.78, 5) is 17.6. The molecule has 0 N–H and O–H groups in total. The van der Waals surface area contributed by atoms with Gasteiger partial charge in [-0.3, -0.25) is 4.79 Å². The molecule has 6 heteroatoms. The third kappa shape index (κ3) is 3.13. The molecule has 0 radical (unpaired) electrons. The Labute approximate surface area is 116 Å². The van der Waals surface area contributed by atoms with Gasteiger partial charge in [0.15, 0.2) is 0 Å². The van der Waals surface area contributed by atoms with Crippen molar-refractivity contribution < 1.29 is 9.53 Å². The standard InChI is InChI=1S/C12H14Cl2N2O2/c1-16(7-8-3-2-6-18-8)12(17)9-4-5-10(13)15-11(9)14/h4-5,8H,2-3,6-7H2,1H3. The molecule has 1 aliphatic heterocycles. The van der Waals surface area contributed by atoms with E-state index in [-0.39, 0.29) is 22.3 Å². The Morgan fingerprint density at radius 1 is 1.56 bits per heavy atom. The van der Waals surface area contributed by atoms with Crippen molar-refractivity contribution in [2.75, 3.05) is 20.2 Å². The number of hydrogen-bond donors (Lipinski definition) is 0. The topological polar surface area (TPSA) is 42.4 Å². The predicted molar refractivity (Wildman–Crippen MR) is 70.2 cm³/mol. The molecule has 1 atom stereocenters. The smallest absolute Gasteiger partial charge is 0.256 e. The van der Waals surface area contributed by atoms with E-state index in [4.69, 9.17) is 27.9 Å². The monoisotopic (exact) mass is 288 g/mol. The van der Waals surface area contributed by atoms with Gasteiger partial charge in [0.1, 0.15) is 10.3 Å². The quantitative estimate of drug-likeness (QED) is 0.803. The number of likely N-dealkylation sites (N-methyl/N-ethyl adjacent to an activating group) is 1. The van der Waals surface area contributed by atoms with Crippen molar-refractivity contribution in [3.8, 4) is 0 Å². The molecule has 0 saturated carbocycles. The van der Waals surface area contributed by atoms with Crippen LogP contribution in [0.5, 0.6) is 0 Å². The third-order valence-corrected chi connectivity index (χ3v) is 3.39. The van der Waals surface area contributed by atoms with E-state index < -0.39 is 0 Å². The molecule has 2 rings (SSSR count). The van der Waals surface area contributed by atoms with Crippen LogP contribution < -0.4 is 0 Å². The molecule has 0 bridgehead atoms. The molecule has 0 spiro atoms. The summed E-state index contributed by atoms with van der Waals surface area (Å²) >= 11 is 11.6. The summed E-state index contributed by atoms with van der Waals surface area (Å²) in [7, 11) is 1.73. The van der Waals surface area contributed by atoms with Crippen molar-refractivity contribution in [1.29, 1.82) is 0 Å². The van der Waals surface area contributed by atoms with Crippen molar-refractivity contribution in [1.82, 2.24) is 9.88 Å². The second-order valence-electron chi connectivity index (χ2n) is 4.29. The molecular formula is C12H14Cl2N2O2. The third-order valence-electron chi connectivity index (χ3n) is 2.89. The van der Waals surface area contributed by atoms with Crippen LogP contribution in [0.15, 0.2) is 12.1 Å². The number of nitrogens with zero attached hydrogens (tertiary/aromatic N) is 2. The summed E-state index contributed by atoms with van der Waals surface area (Å²) in [6, 6.07) is 3.15. The predicted octanol–water partition coefficient (Wildman–Crippen LogP) is 2.64. The Hall–Kier alpha value is -0.840. The number of carbonyl (C=O) groups is 1. The summed E-state index contributed by atoms with van der Waals surface area (Å²) < 4.78 is 5.50. The van der Waals surface area contributed by atoms with Crippen LogP contribution in [0.4, 0.5) is 0 Å². The molecule has 1 fully saturated rings. The van der Waals surface area contributed by atoms with Crippen LogP contribution in [0, 0.1) is 0 Å². The highest BCUT2D eigenvalue weighted by molar-refractivity contribution is 6.34. The van der Waals surface area contributed by atoms with Gasteiger partial charge in [-0.15, -0.1) is 0 Å². The minimum Gasteiger partial charge on any atom is -0.376 e. The first-order valence-electron chi connectivity index (χ1n) is 5.77. The zero-order valence-corrected chi connectivity index (χ0v) is 11.5. The van der Waals surface area contributed by atoms with Crippen LogP contribution in [0.2, 0.25) is 10.3 Å². The average Bonchev–Trinajstić information content (AvgIpc) is 2.81. The van der Waals surface area contributed by atoms with Crippen LogP contribution in [0.3, 0.4) is 0 Å². The van der Waals surface area contributed by atoms with Gasteiger partial charge in [0.05, 0.1) is 11.7 Å². The number of pyridine rings is 1. The van der Waals surface area contributed by atoms with Gasteiger partial charge in [-0.25, -0.2) is 4.98 Å². The molecule has 2 heterocycles. The fourth-order valence-corrected chi connectivity index (χ4v) is 2.38. The minimum absolute atomic E-state index is 0.123. The molecule has 0 aromatic carbocycles. The first-order chi connectivity index (χ1) is 8.58. The number of aromatic nitrogens is 1. The van der Waals surface area contributed by atoms with Crippen LogP contribution in [0.25, 0.3) is 0 Å². The molecule has 4 nitrogen and oxygen atoms in total. The van der Waals surface area contributed by atoms with E-state index in [1.165, 1.54) is 0 Å². The lowest BCUT2D eigenvalue weighted by atomic mass is 10.2. The highest BCUT2D eigenvalue weighted by Gasteiger charge is 2.22. The van der Waals surface area contributed by atoms with Crippen molar-refractivity contribution in [2.45, 2.75) is 18.9 Å². The highest BCUT2D eigenvalue weighted by atomic mass is 35.5. The Kier molecular flexibility index (Phi) is 4.43. The van der Waals surface area contributed by atoms with Gasteiger partial charge in [-0.1, -0.05) is 23.2 Å². The summed E-state index contributed by atoms with van der Waals surface area (Å²) in [5.41, 5.74) is 0.363. The summed E-state index contributed by atoms with van der Waals surface area (Å²) in [5.74, 6) is -0.167. The first kappa shape index (κ1) is 13.6. The molecule has 1 aliphatic rings. The van der Waals surface area contributed by atoms with Crippen LogP contribution in [0.1, 0.15) is 23.2 Å². The van der Waals surface area contributed by atoms with Crippen molar-refractivity contribution in [2.24, 2.45) is 0 Å². The van der Waals surface area contributed by atoms with Crippen molar-refractivity contribution in [3.63, 3.8) is 0 Å². The first-order valence-corrected chi connectivity index (χ1v) is 6.52. The number of amides is 1. The average molecular weight is 289 g/mol. The van der Waals surface area contributed by atoms with E-state index in [0.29, 0.717) is 12.1 Å². The van der Waals surface area contributed by atoms with E-state index in [1.54, 1.807) is 24.1 Å². The van der Waals surface area contributed by atoms with E-state index >= 15 is 0 Å². The fourth-order valence-electron chi connectivity index (χ4n) is 1.95. The normalized spacial score (nSPS) is 18.9. The van der Waals surface area contributed by atoms with Crippen LogP contribution >= 0.6 is 23.2 Å². The number of carbonyl (C=O) groups excluding carboxylic acids is 1. The lowest BCUT2D eigenvalue weighted by Gasteiger charge is -2.21. The molecule has 1 aromatic heterocycles. The van der Waals surface area contributed by atoms with Gasteiger partial charge in [-0.2, -0.15) is 0 Å². The molecule has 1 aromatic rings. The number of ether oxygens (including phenoxy) is 1. The van der Waals surface area contributed by atoms with Gasteiger partial charge in [-0.05, 0) is 25.0 Å². The Morgan fingerprint density at radius 3 is 2.94 bits per heavy atom. The Morgan fingerprint density at radius 2 is 2.33 bits per heavy atom. The highest BCUT2D eigenvalue weighted by Crippen LogP contribution is 2.19. The molecule has 1 amide bonds. The zero-order valence-electron chi connectivity index (χ0n) is 10.0. The minimum atomic E-state index is -0.167. The van der Waals surface area contributed by atoms with E-state index in [0.717, 1.165) is 19.4 Å². The second-order valence-corrected chi connectivity index (χ2v) is 5.04. The number of halogens is 2. The van der Waals surface area contributed by atoms with E-state index in [9.17, 15) is 4.79 Å². The van der Waals surface area contributed by atoms with Crippen molar-refractivity contribution in [3.05, 3.63) is 28.0 Å². The van der Waals surface area contributed by atoms with E-state index in [2.05, 4.69) is 4.98 Å². The second kappa shape index (κ2) is 5.87. The van der Waals surface area contributed by atoms with Crippen LogP contribution in [-0.4, -0.2) is 42.1 Å². The lowest BCUT2D eigenvalue weighted by molar-refractivity contribution is 0.0587. The maximum atomic E-state index is 12.2. The summed E-state index contributed by atoms with van der Waals surface area (Å²) in [5, 5.41) is 0.407.